The Labute approximate surface area is 129 Å². The Morgan fingerprint density at radius 3 is 1.87 bits per heavy atom. The monoisotopic (exact) mass is 320 g/mol. The molecule has 0 bridgehead atoms. The zero-order valence-electron chi connectivity index (χ0n) is 12.2. The molecule has 1 N–H and O–H groups in total. The third-order valence-corrected chi connectivity index (χ3v) is 3.50. The Morgan fingerprint density at radius 1 is 0.913 bits per heavy atom. The topological polar surface area (TPSA) is 141 Å². The minimum absolute atomic E-state index is 0.123. The Kier molecular flexibility index (Phi) is 4.08. The van der Waals surface area contributed by atoms with Crippen LogP contribution >= 0.6 is 0 Å². The number of hydrogen-bond acceptors (Lipinski definition) is 7. The van der Waals surface area contributed by atoms with Gasteiger partial charge in [0.05, 0.1) is 26.2 Å². The van der Waals surface area contributed by atoms with E-state index in [0.29, 0.717) is 0 Å². The van der Waals surface area contributed by atoms with Crippen molar-refractivity contribution in [1.29, 1.82) is 0 Å². The van der Waals surface area contributed by atoms with Crippen molar-refractivity contribution in [3.63, 3.8) is 0 Å². The van der Waals surface area contributed by atoms with Gasteiger partial charge in [-0.2, -0.15) is 0 Å². The van der Waals surface area contributed by atoms with Gasteiger partial charge in [0.2, 0.25) is 0 Å². The lowest BCUT2D eigenvalue weighted by atomic mass is 9.88. The van der Waals surface area contributed by atoms with E-state index >= 15 is 0 Å². The summed E-state index contributed by atoms with van der Waals surface area (Å²) in [5.41, 5.74) is -0.644. The summed E-state index contributed by atoms with van der Waals surface area (Å²) >= 11 is 0. The number of nitro groups is 3. The second-order valence-electron chi connectivity index (χ2n) is 4.94. The van der Waals surface area contributed by atoms with Crippen LogP contribution in [0.1, 0.15) is 25.3 Å². The first kappa shape index (κ1) is 16.1. The van der Waals surface area contributed by atoms with Crippen LogP contribution in [0.3, 0.4) is 0 Å². The number of allylic oxidation sites excluding steroid dienone is 2. The van der Waals surface area contributed by atoms with E-state index in [1.807, 2.05) is 0 Å². The highest BCUT2D eigenvalue weighted by atomic mass is 16.6. The Hall–Kier alpha value is -3.30. The molecule has 0 saturated carbocycles. The molecule has 0 saturated heterocycles. The van der Waals surface area contributed by atoms with E-state index in [0.717, 1.165) is 6.07 Å². The standard InChI is InChI=1S/C13H12N4O6/c1-7-12(16(20)21)11(13(17(22)23)8(2)14-7)9-4-3-5-10(6-9)15(18)19/h3-6,11,14H,1-2H3. The Bertz CT molecular complexity index is 746. The maximum absolute atomic E-state index is 11.4. The molecule has 0 aliphatic carbocycles. The zero-order chi connectivity index (χ0) is 17.3. The number of dihydropyridines is 1. The van der Waals surface area contributed by atoms with Gasteiger partial charge in [0, 0.05) is 12.1 Å². The lowest BCUT2D eigenvalue weighted by Crippen LogP contribution is -2.30. The van der Waals surface area contributed by atoms with Crippen LogP contribution in [-0.2, 0) is 0 Å². The minimum Gasteiger partial charge on any atom is -0.352 e. The summed E-state index contributed by atoms with van der Waals surface area (Å²) in [7, 11) is 0. The van der Waals surface area contributed by atoms with Crippen molar-refractivity contribution in [2.24, 2.45) is 0 Å². The molecule has 0 amide bonds. The van der Waals surface area contributed by atoms with E-state index in [4.69, 9.17) is 0 Å². The smallest absolute Gasteiger partial charge is 0.283 e. The summed E-state index contributed by atoms with van der Waals surface area (Å²) < 4.78 is 0. The van der Waals surface area contributed by atoms with Crippen LogP contribution in [0.25, 0.3) is 0 Å². The average Bonchev–Trinajstić information content (AvgIpc) is 2.45. The molecule has 10 heteroatoms. The van der Waals surface area contributed by atoms with E-state index in [1.165, 1.54) is 32.0 Å². The van der Waals surface area contributed by atoms with Crippen LogP contribution in [0.15, 0.2) is 47.1 Å². The molecule has 0 fully saturated rings. The predicted molar refractivity (Wildman–Crippen MR) is 78.4 cm³/mol. The first-order valence-corrected chi connectivity index (χ1v) is 6.45. The van der Waals surface area contributed by atoms with Crippen LogP contribution < -0.4 is 5.32 Å². The van der Waals surface area contributed by atoms with Gasteiger partial charge in [0.1, 0.15) is 0 Å². The SMILES string of the molecule is CC1=C([N+](=O)[O-])C(c2cccc([N+](=O)[O-])c2)C([N+](=O)[O-])=C(C)N1. The number of nitrogens with one attached hydrogen (secondary N) is 1. The van der Waals surface area contributed by atoms with Crippen LogP contribution in [0.2, 0.25) is 0 Å². The van der Waals surface area contributed by atoms with Gasteiger partial charge in [-0.3, -0.25) is 30.3 Å². The molecule has 1 aromatic rings. The molecule has 1 heterocycles. The highest BCUT2D eigenvalue weighted by Gasteiger charge is 2.44. The number of benzene rings is 1. The number of nitro benzene ring substituents is 1. The minimum atomic E-state index is -1.29. The third kappa shape index (κ3) is 2.86. The second kappa shape index (κ2) is 5.83. The first-order valence-electron chi connectivity index (χ1n) is 6.45. The van der Waals surface area contributed by atoms with E-state index < -0.39 is 32.1 Å². The number of rotatable bonds is 4. The molecule has 2 rings (SSSR count). The summed E-state index contributed by atoms with van der Waals surface area (Å²) in [6.45, 7) is 2.87. The van der Waals surface area contributed by atoms with Crippen LogP contribution in [0, 0.1) is 30.3 Å². The van der Waals surface area contributed by atoms with Crippen molar-refractivity contribution in [2.75, 3.05) is 0 Å². The molecule has 120 valence electrons. The lowest BCUT2D eigenvalue weighted by Gasteiger charge is -2.21. The molecule has 0 radical (unpaired) electrons. The average molecular weight is 320 g/mol. The third-order valence-electron chi connectivity index (χ3n) is 3.50. The number of non-ortho nitro benzene ring substituents is 1. The van der Waals surface area contributed by atoms with E-state index in [9.17, 15) is 30.3 Å². The predicted octanol–water partition coefficient (Wildman–Crippen LogP) is 2.30. The molecule has 1 aliphatic rings. The summed E-state index contributed by atoms with van der Waals surface area (Å²) in [5, 5.41) is 36.3. The molecule has 1 aromatic carbocycles. The van der Waals surface area contributed by atoms with Crippen molar-refractivity contribution in [1.82, 2.24) is 5.32 Å². The van der Waals surface area contributed by atoms with E-state index in [1.54, 1.807) is 0 Å². The van der Waals surface area contributed by atoms with Crippen LogP contribution in [0.4, 0.5) is 5.69 Å². The molecular weight excluding hydrogens is 308 g/mol. The fourth-order valence-corrected chi connectivity index (χ4v) is 2.59. The van der Waals surface area contributed by atoms with Crippen LogP contribution in [-0.4, -0.2) is 14.8 Å². The molecule has 10 nitrogen and oxygen atoms in total. The second-order valence-corrected chi connectivity index (χ2v) is 4.94. The summed E-state index contributed by atoms with van der Waals surface area (Å²) in [6.07, 6.45) is 0. The normalized spacial score (nSPS) is 15.4. The van der Waals surface area contributed by atoms with Crippen molar-refractivity contribution in [2.45, 2.75) is 19.8 Å². The number of hydrogen-bond donors (Lipinski definition) is 1. The maximum Gasteiger partial charge on any atom is 0.283 e. The van der Waals surface area contributed by atoms with Crippen LogP contribution in [0.5, 0.6) is 0 Å². The van der Waals surface area contributed by atoms with Gasteiger partial charge in [0.15, 0.2) is 5.92 Å². The van der Waals surface area contributed by atoms with Gasteiger partial charge >= 0.3 is 0 Å². The highest BCUT2D eigenvalue weighted by Crippen LogP contribution is 2.39. The quantitative estimate of drug-likeness (QED) is 0.662. The van der Waals surface area contributed by atoms with E-state index in [-0.39, 0.29) is 22.6 Å². The molecule has 0 spiro atoms. The summed E-state index contributed by atoms with van der Waals surface area (Å²) in [6, 6.07) is 5.07. The number of nitrogens with zero attached hydrogens (tertiary/aromatic N) is 3. The van der Waals surface area contributed by atoms with Gasteiger partial charge in [-0.05, 0) is 19.4 Å². The fourth-order valence-electron chi connectivity index (χ4n) is 2.59. The summed E-state index contributed by atoms with van der Waals surface area (Å²) in [5.74, 6) is -1.29. The Balaban J connectivity index is 2.72. The van der Waals surface area contributed by atoms with Gasteiger partial charge < -0.3 is 5.32 Å². The van der Waals surface area contributed by atoms with Crippen molar-refractivity contribution in [3.8, 4) is 0 Å². The van der Waals surface area contributed by atoms with Gasteiger partial charge in [-0.15, -0.1) is 0 Å². The zero-order valence-corrected chi connectivity index (χ0v) is 12.2. The first-order chi connectivity index (χ1) is 10.7. The molecular formula is C13H12N4O6. The summed E-state index contributed by atoms with van der Waals surface area (Å²) in [4.78, 5) is 31.6. The van der Waals surface area contributed by atoms with Crippen molar-refractivity contribution >= 4 is 5.69 Å². The molecule has 1 aliphatic heterocycles. The largest absolute Gasteiger partial charge is 0.352 e. The molecule has 0 unspecified atom stereocenters. The molecule has 0 aromatic heterocycles. The van der Waals surface area contributed by atoms with Gasteiger partial charge in [0.25, 0.3) is 17.1 Å². The molecule has 23 heavy (non-hydrogen) atoms. The van der Waals surface area contributed by atoms with E-state index in [2.05, 4.69) is 5.32 Å². The highest BCUT2D eigenvalue weighted by molar-refractivity contribution is 5.45. The fraction of sp³-hybridized carbons (Fsp3) is 0.231. The lowest BCUT2D eigenvalue weighted by molar-refractivity contribution is -0.457. The van der Waals surface area contributed by atoms with Crippen molar-refractivity contribution < 1.29 is 14.8 Å². The maximum atomic E-state index is 11.4. The Morgan fingerprint density at radius 2 is 1.43 bits per heavy atom. The van der Waals surface area contributed by atoms with Gasteiger partial charge in [-0.25, -0.2) is 0 Å². The van der Waals surface area contributed by atoms with Gasteiger partial charge in [-0.1, -0.05) is 12.1 Å². The van der Waals surface area contributed by atoms with Crippen molar-refractivity contribution in [3.05, 3.63) is 83.0 Å². The molecule has 0 atom stereocenters.